The van der Waals surface area contributed by atoms with Gasteiger partial charge in [0.2, 0.25) is 0 Å². The van der Waals surface area contributed by atoms with Gasteiger partial charge in [-0.3, -0.25) is 4.98 Å². The Kier molecular flexibility index (Phi) is 2.45. The molecule has 1 aromatic carbocycles. The first-order valence-electron chi connectivity index (χ1n) is 5.59. The van der Waals surface area contributed by atoms with Gasteiger partial charge >= 0.3 is 0 Å². The summed E-state index contributed by atoms with van der Waals surface area (Å²) >= 11 is 3.51. The lowest BCUT2D eigenvalue weighted by molar-refractivity contribution is 0.896. The van der Waals surface area contributed by atoms with Gasteiger partial charge in [0, 0.05) is 22.1 Å². The van der Waals surface area contributed by atoms with Gasteiger partial charge in [0.15, 0.2) is 0 Å². The molecule has 0 spiro atoms. The maximum atomic E-state index is 5.90. The van der Waals surface area contributed by atoms with Gasteiger partial charge in [-0.25, -0.2) is 0 Å². The van der Waals surface area contributed by atoms with E-state index in [9.17, 15) is 0 Å². The Morgan fingerprint density at radius 3 is 3.00 bits per heavy atom. The number of halogens is 1. The van der Waals surface area contributed by atoms with Crippen molar-refractivity contribution >= 4 is 26.8 Å². The molecule has 0 fully saturated rings. The van der Waals surface area contributed by atoms with Crippen LogP contribution in [0.5, 0.6) is 0 Å². The highest BCUT2D eigenvalue weighted by Crippen LogP contribution is 2.30. The molecule has 3 heteroatoms. The standard InChI is InChI=1S/C13H13BrN2/c14-8-4-5-13-10(6-8)11(7-15)9-2-1-3-12(9)16-13/h4-6H,1-3,7,15H2. The van der Waals surface area contributed by atoms with Crippen molar-refractivity contribution in [1.29, 1.82) is 0 Å². The van der Waals surface area contributed by atoms with Crippen LogP contribution in [-0.2, 0) is 19.4 Å². The first-order chi connectivity index (χ1) is 7.79. The molecule has 1 aliphatic carbocycles. The molecule has 0 saturated heterocycles. The summed E-state index contributed by atoms with van der Waals surface area (Å²) in [7, 11) is 0. The van der Waals surface area contributed by atoms with Crippen molar-refractivity contribution in [3.05, 3.63) is 39.5 Å². The van der Waals surface area contributed by atoms with Gasteiger partial charge < -0.3 is 5.73 Å². The fourth-order valence-corrected chi connectivity index (χ4v) is 2.93. The van der Waals surface area contributed by atoms with Gasteiger partial charge in [0.05, 0.1) is 5.52 Å². The van der Waals surface area contributed by atoms with Crippen LogP contribution in [0.4, 0.5) is 0 Å². The molecule has 3 rings (SSSR count). The van der Waals surface area contributed by atoms with Crippen LogP contribution in [0, 0.1) is 0 Å². The molecule has 0 aliphatic heterocycles. The van der Waals surface area contributed by atoms with Crippen molar-refractivity contribution in [1.82, 2.24) is 4.98 Å². The monoisotopic (exact) mass is 276 g/mol. The minimum absolute atomic E-state index is 0.609. The lowest BCUT2D eigenvalue weighted by atomic mass is 10.0. The zero-order chi connectivity index (χ0) is 11.1. The van der Waals surface area contributed by atoms with Gasteiger partial charge in [-0.05, 0) is 48.6 Å². The summed E-state index contributed by atoms with van der Waals surface area (Å²) in [6, 6.07) is 6.23. The molecule has 0 atom stereocenters. The van der Waals surface area contributed by atoms with E-state index in [-0.39, 0.29) is 0 Å². The van der Waals surface area contributed by atoms with Gasteiger partial charge in [-0.2, -0.15) is 0 Å². The third-order valence-electron chi connectivity index (χ3n) is 3.30. The predicted molar refractivity (Wildman–Crippen MR) is 69.4 cm³/mol. The average molecular weight is 277 g/mol. The van der Waals surface area contributed by atoms with Crippen LogP contribution in [0.1, 0.15) is 23.2 Å². The largest absolute Gasteiger partial charge is 0.326 e. The summed E-state index contributed by atoms with van der Waals surface area (Å²) in [6.45, 7) is 0.609. The molecule has 82 valence electrons. The Balaban J connectivity index is 2.40. The highest BCUT2D eigenvalue weighted by atomic mass is 79.9. The SMILES string of the molecule is NCc1c2c(nc3ccc(Br)cc13)CCC2. The van der Waals surface area contributed by atoms with Crippen LogP contribution in [0.25, 0.3) is 10.9 Å². The molecular weight excluding hydrogens is 264 g/mol. The third kappa shape index (κ3) is 1.46. The van der Waals surface area contributed by atoms with Crippen molar-refractivity contribution in [2.45, 2.75) is 25.8 Å². The minimum Gasteiger partial charge on any atom is -0.326 e. The maximum absolute atomic E-state index is 5.90. The molecule has 1 aromatic heterocycles. The van der Waals surface area contributed by atoms with E-state index in [4.69, 9.17) is 10.7 Å². The molecule has 2 nitrogen and oxygen atoms in total. The Morgan fingerprint density at radius 2 is 2.19 bits per heavy atom. The number of nitrogens with zero attached hydrogens (tertiary/aromatic N) is 1. The highest BCUT2D eigenvalue weighted by Gasteiger charge is 2.18. The number of aromatic nitrogens is 1. The van der Waals surface area contributed by atoms with E-state index in [1.54, 1.807) is 0 Å². The fourth-order valence-electron chi connectivity index (χ4n) is 2.56. The Bertz CT molecular complexity index is 563. The highest BCUT2D eigenvalue weighted by molar-refractivity contribution is 9.10. The number of hydrogen-bond donors (Lipinski definition) is 1. The van der Waals surface area contributed by atoms with Crippen LogP contribution in [0.2, 0.25) is 0 Å². The van der Waals surface area contributed by atoms with Gasteiger partial charge in [-0.15, -0.1) is 0 Å². The second-order valence-corrected chi connectivity index (χ2v) is 5.15. The summed E-state index contributed by atoms with van der Waals surface area (Å²) in [4.78, 5) is 4.73. The molecule has 0 saturated carbocycles. The average Bonchev–Trinajstić information content (AvgIpc) is 2.73. The quantitative estimate of drug-likeness (QED) is 0.870. The van der Waals surface area contributed by atoms with Crippen molar-refractivity contribution in [2.24, 2.45) is 5.73 Å². The van der Waals surface area contributed by atoms with Crippen LogP contribution in [0.3, 0.4) is 0 Å². The summed E-state index contributed by atoms with van der Waals surface area (Å²) in [6.07, 6.45) is 3.46. The smallest absolute Gasteiger partial charge is 0.0709 e. The number of hydrogen-bond acceptors (Lipinski definition) is 2. The summed E-state index contributed by atoms with van der Waals surface area (Å²) < 4.78 is 1.09. The second-order valence-electron chi connectivity index (χ2n) is 4.23. The molecule has 0 amide bonds. The van der Waals surface area contributed by atoms with E-state index in [1.807, 2.05) is 6.07 Å². The Morgan fingerprint density at radius 1 is 1.31 bits per heavy atom. The first kappa shape index (κ1) is 10.2. The summed E-state index contributed by atoms with van der Waals surface area (Å²) in [5.41, 5.74) is 10.9. The number of aryl methyl sites for hydroxylation is 1. The molecule has 0 radical (unpaired) electrons. The molecule has 2 N–H and O–H groups in total. The Labute approximate surface area is 103 Å². The van der Waals surface area contributed by atoms with Crippen LogP contribution in [-0.4, -0.2) is 4.98 Å². The van der Waals surface area contributed by atoms with E-state index in [2.05, 4.69) is 28.1 Å². The van der Waals surface area contributed by atoms with Crippen molar-refractivity contribution < 1.29 is 0 Å². The molecule has 1 heterocycles. The zero-order valence-electron chi connectivity index (χ0n) is 8.96. The normalized spacial score (nSPS) is 14.4. The fraction of sp³-hybridized carbons (Fsp3) is 0.308. The summed E-state index contributed by atoms with van der Waals surface area (Å²) in [5.74, 6) is 0. The minimum atomic E-state index is 0.609. The van der Waals surface area contributed by atoms with Crippen molar-refractivity contribution in [3.8, 4) is 0 Å². The van der Waals surface area contributed by atoms with Crippen LogP contribution >= 0.6 is 15.9 Å². The molecule has 0 bridgehead atoms. The van der Waals surface area contributed by atoms with Gasteiger partial charge in [-0.1, -0.05) is 15.9 Å². The molecule has 16 heavy (non-hydrogen) atoms. The van der Waals surface area contributed by atoms with Gasteiger partial charge in [0.1, 0.15) is 0 Å². The molecule has 2 aromatic rings. The lowest BCUT2D eigenvalue weighted by Gasteiger charge is -2.10. The zero-order valence-corrected chi connectivity index (χ0v) is 10.5. The van der Waals surface area contributed by atoms with Crippen LogP contribution < -0.4 is 5.73 Å². The molecule has 1 aliphatic rings. The van der Waals surface area contributed by atoms with Crippen molar-refractivity contribution in [3.63, 3.8) is 0 Å². The number of benzene rings is 1. The van der Waals surface area contributed by atoms with E-state index in [0.717, 1.165) is 22.8 Å². The van der Waals surface area contributed by atoms with E-state index < -0.39 is 0 Å². The summed E-state index contributed by atoms with van der Waals surface area (Å²) in [5, 5.41) is 1.21. The van der Waals surface area contributed by atoms with Gasteiger partial charge in [0.25, 0.3) is 0 Å². The second kappa shape index (κ2) is 3.82. The lowest BCUT2D eigenvalue weighted by Crippen LogP contribution is -2.04. The number of fused-ring (bicyclic) bond motifs is 2. The molecule has 0 unspecified atom stereocenters. The maximum Gasteiger partial charge on any atom is 0.0709 e. The van der Waals surface area contributed by atoms with Crippen molar-refractivity contribution in [2.75, 3.05) is 0 Å². The topological polar surface area (TPSA) is 38.9 Å². The van der Waals surface area contributed by atoms with E-state index in [1.165, 1.54) is 28.6 Å². The number of rotatable bonds is 1. The third-order valence-corrected chi connectivity index (χ3v) is 3.79. The van der Waals surface area contributed by atoms with Crippen LogP contribution in [0.15, 0.2) is 22.7 Å². The molecular formula is C13H13BrN2. The first-order valence-corrected chi connectivity index (χ1v) is 6.39. The predicted octanol–water partition coefficient (Wildman–Crippen LogP) is 2.94. The van der Waals surface area contributed by atoms with E-state index >= 15 is 0 Å². The number of nitrogens with two attached hydrogens (primary N) is 1. The number of pyridine rings is 1. The Hall–Kier alpha value is -0.930. The van der Waals surface area contributed by atoms with E-state index in [0.29, 0.717) is 6.54 Å².